The maximum absolute atomic E-state index is 11.9. The molecule has 1 aliphatic rings. The van der Waals surface area contributed by atoms with E-state index >= 15 is 0 Å². The SMILES string of the molecule is CN1C(=O)CC(=NN=Cc2ccc(N(CCCl)CCCl)cc2)N(C)C1=O. The van der Waals surface area contributed by atoms with Gasteiger partial charge in [0.25, 0.3) is 0 Å². The minimum Gasteiger partial charge on any atom is -0.369 e. The van der Waals surface area contributed by atoms with Gasteiger partial charge in [0.1, 0.15) is 5.84 Å². The second-order valence-corrected chi connectivity index (χ2v) is 6.44. The van der Waals surface area contributed by atoms with Crippen molar-refractivity contribution in [1.29, 1.82) is 0 Å². The standard InChI is InChI=1S/C17H21Cl2N5O2/c1-22-15(11-16(25)23(2)17(22)26)21-20-12-13-3-5-14(6-4-13)24(9-7-18)10-8-19/h3-6,12H,7-11H2,1-2H3. The Kier molecular flexibility index (Phi) is 7.41. The van der Waals surface area contributed by atoms with Gasteiger partial charge in [0.2, 0.25) is 5.91 Å². The average molecular weight is 398 g/mol. The number of imide groups is 1. The van der Waals surface area contributed by atoms with Crippen molar-refractivity contribution in [2.24, 2.45) is 10.2 Å². The molecule has 3 amide bonds. The van der Waals surface area contributed by atoms with Crippen molar-refractivity contribution in [2.45, 2.75) is 6.42 Å². The Hall–Kier alpha value is -2.12. The molecule has 0 atom stereocenters. The van der Waals surface area contributed by atoms with Crippen LogP contribution in [0.25, 0.3) is 0 Å². The number of hydrogen-bond acceptors (Lipinski definition) is 5. The summed E-state index contributed by atoms with van der Waals surface area (Å²) in [5.74, 6) is 1.07. The van der Waals surface area contributed by atoms with Gasteiger partial charge in [-0.25, -0.2) is 4.79 Å². The molecule has 1 heterocycles. The maximum Gasteiger partial charge on any atom is 0.331 e. The number of alkyl halides is 2. The summed E-state index contributed by atoms with van der Waals surface area (Å²) in [7, 11) is 3.01. The van der Waals surface area contributed by atoms with Crippen LogP contribution >= 0.6 is 23.2 Å². The molecule has 0 bridgehead atoms. The molecule has 0 radical (unpaired) electrons. The Morgan fingerprint density at radius 1 is 1.08 bits per heavy atom. The van der Waals surface area contributed by atoms with Gasteiger partial charge < -0.3 is 4.90 Å². The van der Waals surface area contributed by atoms with Crippen molar-refractivity contribution >= 4 is 52.9 Å². The molecule has 0 spiro atoms. The van der Waals surface area contributed by atoms with E-state index in [9.17, 15) is 9.59 Å². The second kappa shape index (κ2) is 9.54. The lowest BCUT2D eigenvalue weighted by molar-refractivity contribution is -0.127. The Morgan fingerprint density at radius 2 is 1.69 bits per heavy atom. The zero-order valence-electron chi connectivity index (χ0n) is 14.7. The molecule has 0 N–H and O–H groups in total. The number of rotatable bonds is 7. The van der Waals surface area contributed by atoms with E-state index < -0.39 is 6.03 Å². The van der Waals surface area contributed by atoms with Crippen LogP contribution < -0.4 is 4.90 Å². The molecule has 1 aromatic rings. The molecule has 1 aromatic carbocycles. The summed E-state index contributed by atoms with van der Waals surface area (Å²) in [4.78, 5) is 28.1. The van der Waals surface area contributed by atoms with Crippen LogP contribution in [0.4, 0.5) is 10.5 Å². The number of anilines is 1. The van der Waals surface area contributed by atoms with Crippen molar-refractivity contribution in [3.63, 3.8) is 0 Å². The number of amides is 3. The summed E-state index contributed by atoms with van der Waals surface area (Å²) in [6, 6.07) is 7.31. The molecule has 7 nitrogen and oxygen atoms in total. The van der Waals surface area contributed by atoms with Crippen LogP contribution in [0, 0.1) is 0 Å². The highest BCUT2D eigenvalue weighted by atomic mass is 35.5. The van der Waals surface area contributed by atoms with Gasteiger partial charge in [0.05, 0.1) is 12.6 Å². The number of carbonyl (C=O) groups is 2. The minimum atomic E-state index is -0.418. The third-order valence-electron chi connectivity index (χ3n) is 3.99. The van der Waals surface area contributed by atoms with E-state index in [-0.39, 0.29) is 12.3 Å². The van der Waals surface area contributed by atoms with Crippen molar-refractivity contribution < 1.29 is 9.59 Å². The van der Waals surface area contributed by atoms with Crippen LogP contribution in [-0.2, 0) is 4.79 Å². The van der Waals surface area contributed by atoms with E-state index in [1.807, 2.05) is 24.3 Å². The van der Waals surface area contributed by atoms with Gasteiger partial charge in [-0.2, -0.15) is 5.10 Å². The Labute approximate surface area is 162 Å². The summed E-state index contributed by atoms with van der Waals surface area (Å²) in [6.07, 6.45) is 1.62. The van der Waals surface area contributed by atoms with Gasteiger partial charge in [-0.05, 0) is 17.7 Å². The molecule has 2 rings (SSSR count). The van der Waals surface area contributed by atoms with Crippen molar-refractivity contribution in [3.8, 4) is 0 Å². The van der Waals surface area contributed by atoms with Crippen LogP contribution in [0.3, 0.4) is 0 Å². The van der Waals surface area contributed by atoms with Gasteiger partial charge in [-0.3, -0.25) is 14.6 Å². The Morgan fingerprint density at radius 3 is 2.27 bits per heavy atom. The lowest BCUT2D eigenvalue weighted by Gasteiger charge is -2.29. The van der Waals surface area contributed by atoms with E-state index in [1.54, 1.807) is 13.3 Å². The molecule has 26 heavy (non-hydrogen) atoms. The minimum absolute atomic E-state index is 0.0425. The lowest BCUT2D eigenvalue weighted by atomic mass is 10.2. The quantitative estimate of drug-likeness (QED) is 0.403. The second-order valence-electron chi connectivity index (χ2n) is 5.69. The summed E-state index contributed by atoms with van der Waals surface area (Å²) >= 11 is 11.6. The molecule has 1 aliphatic heterocycles. The first-order chi connectivity index (χ1) is 12.5. The van der Waals surface area contributed by atoms with Crippen molar-refractivity contribution in [3.05, 3.63) is 29.8 Å². The van der Waals surface area contributed by atoms with Gasteiger partial charge in [0.15, 0.2) is 0 Å². The fraction of sp³-hybridized carbons (Fsp3) is 0.412. The topological polar surface area (TPSA) is 68.6 Å². The first-order valence-corrected chi connectivity index (χ1v) is 9.16. The molecule has 0 saturated carbocycles. The fourth-order valence-corrected chi connectivity index (χ4v) is 2.83. The molecule has 1 saturated heterocycles. The fourth-order valence-electron chi connectivity index (χ4n) is 2.42. The molecular formula is C17H21Cl2N5O2. The molecular weight excluding hydrogens is 377 g/mol. The van der Waals surface area contributed by atoms with E-state index in [2.05, 4.69) is 15.1 Å². The summed E-state index contributed by atoms with van der Waals surface area (Å²) in [5, 5.41) is 8.01. The number of carbonyl (C=O) groups excluding carboxylic acids is 2. The first kappa shape index (κ1) is 20.2. The predicted octanol–water partition coefficient (Wildman–Crippen LogP) is 2.62. The van der Waals surface area contributed by atoms with Crippen LogP contribution in [0.5, 0.6) is 0 Å². The van der Waals surface area contributed by atoms with Crippen molar-refractivity contribution in [1.82, 2.24) is 9.80 Å². The number of halogens is 2. The normalized spacial score (nSPS) is 16.8. The van der Waals surface area contributed by atoms with E-state index in [0.717, 1.165) is 29.2 Å². The molecule has 140 valence electrons. The molecule has 0 aliphatic carbocycles. The molecule has 9 heteroatoms. The molecule has 1 fully saturated rings. The van der Waals surface area contributed by atoms with Crippen LogP contribution in [0.2, 0.25) is 0 Å². The average Bonchev–Trinajstić information content (AvgIpc) is 2.64. The number of hydrogen-bond donors (Lipinski definition) is 0. The highest BCUT2D eigenvalue weighted by molar-refractivity contribution is 6.18. The van der Waals surface area contributed by atoms with Gasteiger partial charge in [-0.15, -0.1) is 28.3 Å². The van der Waals surface area contributed by atoms with E-state index in [0.29, 0.717) is 17.6 Å². The monoisotopic (exact) mass is 397 g/mol. The summed E-state index contributed by atoms with van der Waals surface area (Å²) < 4.78 is 0. The highest BCUT2D eigenvalue weighted by Gasteiger charge is 2.31. The van der Waals surface area contributed by atoms with Crippen molar-refractivity contribution in [2.75, 3.05) is 43.8 Å². The van der Waals surface area contributed by atoms with Gasteiger partial charge in [-0.1, -0.05) is 12.1 Å². The van der Waals surface area contributed by atoms with E-state index in [4.69, 9.17) is 23.2 Å². The first-order valence-electron chi connectivity index (χ1n) is 8.09. The maximum atomic E-state index is 11.9. The van der Waals surface area contributed by atoms with Crippen LogP contribution in [0.15, 0.2) is 34.5 Å². The largest absolute Gasteiger partial charge is 0.369 e. The predicted molar refractivity (Wildman–Crippen MR) is 106 cm³/mol. The Bertz CT molecular complexity index is 700. The lowest BCUT2D eigenvalue weighted by Crippen LogP contribution is -2.51. The highest BCUT2D eigenvalue weighted by Crippen LogP contribution is 2.15. The van der Waals surface area contributed by atoms with Crippen LogP contribution in [0.1, 0.15) is 12.0 Å². The number of benzene rings is 1. The zero-order chi connectivity index (χ0) is 19.1. The molecule has 0 unspecified atom stereocenters. The number of urea groups is 1. The van der Waals surface area contributed by atoms with E-state index in [1.165, 1.54) is 11.9 Å². The van der Waals surface area contributed by atoms with Gasteiger partial charge in [0, 0.05) is 44.6 Å². The third kappa shape index (κ3) is 4.95. The number of amidine groups is 1. The third-order valence-corrected chi connectivity index (χ3v) is 4.33. The zero-order valence-corrected chi connectivity index (χ0v) is 16.2. The summed E-state index contributed by atoms with van der Waals surface area (Å²) in [6.45, 7) is 1.44. The van der Waals surface area contributed by atoms with Gasteiger partial charge >= 0.3 is 6.03 Å². The smallest absolute Gasteiger partial charge is 0.331 e. The summed E-state index contributed by atoms with van der Waals surface area (Å²) in [5.41, 5.74) is 1.88. The van der Waals surface area contributed by atoms with Crippen LogP contribution in [-0.4, -0.2) is 72.7 Å². The Balaban J connectivity index is 2.06. The number of nitrogens with zero attached hydrogens (tertiary/aromatic N) is 5. The molecule has 0 aromatic heterocycles.